The Morgan fingerprint density at radius 3 is 2.46 bits per heavy atom. The molecule has 0 saturated heterocycles. The molecule has 5 nitrogen and oxygen atoms in total. The molecule has 1 aliphatic rings. The lowest BCUT2D eigenvalue weighted by molar-refractivity contribution is 0.0997. The van der Waals surface area contributed by atoms with Gasteiger partial charge in [0.2, 0.25) is 0 Å². The molecule has 2 amide bonds. The van der Waals surface area contributed by atoms with Crippen LogP contribution in [0.1, 0.15) is 31.8 Å². The number of fused-ring (bicyclic) bond motifs is 2. The quantitative estimate of drug-likeness (QED) is 0.330. The molecule has 0 saturated carbocycles. The van der Waals surface area contributed by atoms with Gasteiger partial charge in [-0.25, -0.2) is 4.39 Å². The number of hydrogen-bond donors (Lipinski definition) is 2. The summed E-state index contributed by atoms with van der Waals surface area (Å²) >= 11 is 6.55. The van der Waals surface area contributed by atoms with E-state index in [2.05, 4.69) is 10.6 Å². The molecular formula is C28H21ClFN3O2. The number of benzene rings is 4. The summed E-state index contributed by atoms with van der Waals surface area (Å²) in [5, 5.41) is 6.31. The van der Waals surface area contributed by atoms with Gasteiger partial charge in [-0.05, 0) is 66.6 Å². The van der Waals surface area contributed by atoms with Gasteiger partial charge >= 0.3 is 0 Å². The smallest absolute Gasteiger partial charge is 0.264 e. The van der Waals surface area contributed by atoms with Gasteiger partial charge in [0.15, 0.2) is 0 Å². The first-order valence-corrected chi connectivity index (χ1v) is 11.4. The molecule has 35 heavy (non-hydrogen) atoms. The largest absolute Gasteiger partial charge is 0.379 e. The average Bonchev–Trinajstić information content (AvgIpc) is 3.02. The summed E-state index contributed by atoms with van der Waals surface area (Å²) in [4.78, 5) is 28.1. The zero-order chi connectivity index (χ0) is 24.5. The van der Waals surface area contributed by atoms with Crippen LogP contribution < -0.4 is 15.5 Å². The van der Waals surface area contributed by atoms with E-state index in [-0.39, 0.29) is 27.6 Å². The molecule has 0 fully saturated rings. The van der Waals surface area contributed by atoms with E-state index < -0.39 is 11.7 Å². The fraction of sp³-hybridized carbons (Fsp3) is 0.0714. The number of hydrogen-bond acceptors (Lipinski definition) is 3. The van der Waals surface area contributed by atoms with Crippen LogP contribution in [0.3, 0.4) is 0 Å². The van der Waals surface area contributed by atoms with Crippen LogP contribution in [0.4, 0.5) is 27.1 Å². The Bertz CT molecular complexity index is 1420. The van der Waals surface area contributed by atoms with Crippen LogP contribution in [-0.2, 0) is 6.54 Å². The first-order valence-electron chi connectivity index (χ1n) is 11.1. The lowest BCUT2D eigenvalue weighted by atomic mass is 10.1. The zero-order valence-electron chi connectivity index (χ0n) is 18.8. The van der Waals surface area contributed by atoms with E-state index in [9.17, 15) is 14.0 Å². The number of anilines is 4. The van der Waals surface area contributed by atoms with Crippen LogP contribution in [0, 0.1) is 12.7 Å². The SMILES string of the molecule is Cc1c(F)cccc1C(=O)Nc1ccc(C(=O)N2c3ccccc3CNc3ccccc32)c(Cl)c1. The molecule has 1 aliphatic heterocycles. The van der Waals surface area contributed by atoms with Gasteiger partial charge in [0.05, 0.1) is 27.6 Å². The molecule has 4 aromatic carbocycles. The van der Waals surface area contributed by atoms with Crippen molar-refractivity contribution in [1.82, 2.24) is 0 Å². The van der Waals surface area contributed by atoms with Gasteiger partial charge in [0.25, 0.3) is 11.8 Å². The van der Waals surface area contributed by atoms with E-state index in [4.69, 9.17) is 11.6 Å². The third kappa shape index (κ3) is 4.24. The summed E-state index contributed by atoms with van der Waals surface area (Å²) in [5.41, 5.74) is 4.48. The molecule has 0 atom stereocenters. The van der Waals surface area contributed by atoms with Crippen molar-refractivity contribution < 1.29 is 14.0 Å². The highest BCUT2D eigenvalue weighted by atomic mass is 35.5. The van der Waals surface area contributed by atoms with Gasteiger partial charge in [0.1, 0.15) is 5.82 Å². The normalized spacial score (nSPS) is 12.1. The molecule has 5 rings (SSSR count). The molecule has 0 aliphatic carbocycles. The summed E-state index contributed by atoms with van der Waals surface area (Å²) < 4.78 is 13.9. The molecule has 0 bridgehead atoms. The maximum atomic E-state index is 13.9. The van der Waals surface area contributed by atoms with Gasteiger partial charge in [-0.2, -0.15) is 0 Å². The second kappa shape index (κ2) is 9.24. The maximum Gasteiger partial charge on any atom is 0.264 e. The number of amides is 2. The van der Waals surface area contributed by atoms with Crippen LogP contribution in [0.5, 0.6) is 0 Å². The Hall–Kier alpha value is -4.16. The zero-order valence-corrected chi connectivity index (χ0v) is 19.6. The van der Waals surface area contributed by atoms with Crippen LogP contribution in [0.2, 0.25) is 5.02 Å². The van der Waals surface area contributed by atoms with Gasteiger partial charge < -0.3 is 10.6 Å². The van der Waals surface area contributed by atoms with Crippen molar-refractivity contribution in [3.8, 4) is 0 Å². The summed E-state index contributed by atoms with van der Waals surface area (Å²) in [5.74, 6) is -1.21. The third-order valence-electron chi connectivity index (χ3n) is 6.02. The van der Waals surface area contributed by atoms with E-state index in [1.165, 1.54) is 18.2 Å². The number of halogens is 2. The number of para-hydroxylation sites is 3. The second-order valence-corrected chi connectivity index (χ2v) is 8.61. The molecule has 0 spiro atoms. The molecular weight excluding hydrogens is 465 g/mol. The van der Waals surface area contributed by atoms with Crippen molar-refractivity contribution in [2.75, 3.05) is 15.5 Å². The third-order valence-corrected chi connectivity index (χ3v) is 6.33. The fourth-order valence-corrected chi connectivity index (χ4v) is 4.44. The second-order valence-electron chi connectivity index (χ2n) is 8.20. The molecule has 174 valence electrons. The van der Waals surface area contributed by atoms with E-state index in [1.807, 2.05) is 48.5 Å². The maximum absolute atomic E-state index is 13.9. The number of rotatable bonds is 3. The monoisotopic (exact) mass is 485 g/mol. The molecule has 2 N–H and O–H groups in total. The Kier molecular flexibility index (Phi) is 5.97. The summed E-state index contributed by atoms with van der Waals surface area (Å²) in [6.07, 6.45) is 0. The van der Waals surface area contributed by atoms with E-state index in [1.54, 1.807) is 30.0 Å². The van der Waals surface area contributed by atoms with Crippen LogP contribution in [0.25, 0.3) is 0 Å². The average molecular weight is 486 g/mol. The highest BCUT2D eigenvalue weighted by Gasteiger charge is 2.28. The molecule has 7 heteroatoms. The number of nitrogens with one attached hydrogen (secondary N) is 2. The minimum Gasteiger partial charge on any atom is -0.379 e. The fourth-order valence-electron chi connectivity index (χ4n) is 4.17. The van der Waals surface area contributed by atoms with Crippen molar-refractivity contribution in [1.29, 1.82) is 0 Å². The van der Waals surface area contributed by atoms with E-state index >= 15 is 0 Å². The standard InChI is InChI=1S/C28H21ClFN3O2/c1-17-20(8-6-9-23(17)30)27(34)32-19-13-14-21(22(29)15-19)28(35)33-25-11-4-2-7-18(25)16-31-24-10-3-5-12-26(24)33/h2-15,31H,16H2,1H3,(H,32,34). The van der Waals surface area contributed by atoms with E-state index in [0.29, 0.717) is 12.2 Å². The first kappa shape index (κ1) is 22.6. The Morgan fingerprint density at radius 1 is 0.914 bits per heavy atom. The predicted molar refractivity (Wildman–Crippen MR) is 137 cm³/mol. The number of carbonyl (C=O) groups excluding carboxylic acids is 2. The van der Waals surface area contributed by atoms with Crippen LogP contribution in [0.15, 0.2) is 84.9 Å². The Balaban J connectivity index is 1.48. The number of carbonyl (C=O) groups is 2. The van der Waals surface area contributed by atoms with Gasteiger partial charge in [-0.1, -0.05) is 48.0 Å². The molecule has 0 radical (unpaired) electrons. The molecule has 0 aromatic heterocycles. The molecule has 4 aromatic rings. The Morgan fingerprint density at radius 2 is 1.66 bits per heavy atom. The first-order chi connectivity index (χ1) is 16.9. The minimum atomic E-state index is -0.460. The highest BCUT2D eigenvalue weighted by molar-refractivity contribution is 6.35. The summed E-state index contributed by atoms with van der Waals surface area (Å²) in [6.45, 7) is 2.12. The highest BCUT2D eigenvalue weighted by Crippen LogP contribution is 2.39. The molecule has 1 heterocycles. The topological polar surface area (TPSA) is 61.4 Å². The lowest BCUT2D eigenvalue weighted by Crippen LogP contribution is -2.26. The minimum absolute atomic E-state index is 0.191. The number of nitrogens with zero attached hydrogens (tertiary/aromatic N) is 1. The van der Waals surface area contributed by atoms with E-state index in [0.717, 1.165) is 22.6 Å². The van der Waals surface area contributed by atoms with Crippen molar-refractivity contribution in [3.05, 3.63) is 118 Å². The summed E-state index contributed by atoms with van der Waals surface area (Å²) in [6, 6.07) is 24.4. The van der Waals surface area contributed by atoms with Crippen molar-refractivity contribution >= 4 is 46.2 Å². The predicted octanol–water partition coefficient (Wildman–Crippen LogP) is 6.94. The summed E-state index contributed by atoms with van der Waals surface area (Å²) in [7, 11) is 0. The van der Waals surface area contributed by atoms with Crippen LogP contribution >= 0.6 is 11.6 Å². The van der Waals surface area contributed by atoms with Crippen molar-refractivity contribution in [2.24, 2.45) is 0 Å². The Labute approximate surface area is 207 Å². The van der Waals surface area contributed by atoms with Crippen LogP contribution in [-0.4, -0.2) is 11.8 Å². The van der Waals surface area contributed by atoms with Crippen molar-refractivity contribution in [3.63, 3.8) is 0 Å². The van der Waals surface area contributed by atoms with Gasteiger partial charge in [-0.15, -0.1) is 0 Å². The van der Waals surface area contributed by atoms with Gasteiger partial charge in [-0.3, -0.25) is 14.5 Å². The molecule has 0 unspecified atom stereocenters. The van der Waals surface area contributed by atoms with Crippen molar-refractivity contribution in [2.45, 2.75) is 13.5 Å². The van der Waals surface area contributed by atoms with Gasteiger partial charge in [0, 0.05) is 17.8 Å². The lowest BCUT2D eigenvalue weighted by Gasteiger charge is -2.25.